The van der Waals surface area contributed by atoms with Crippen LogP contribution >= 0.6 is 11.6 Å². The van der Waals surface area contributed by atoms with Crippen LogP contribution < -0.4 is 10.1 Å². The first-order valence-electron chi connectivity index (χ1n) is 9.49. The number of hydrogen-bond donors (Lipinski definition) is 1. The molecule has 0 amide bonds. The van der Waals surface area contributed by atoms with Crippen LogP contribution in [0.5, 0.6) is 11.5 Å². The van der Waals surface area contributed by atoms with Gasteiger partial charge < -0.3 is 14.8 Å². The average Bonchev–Trinajstić information content (AvgIpc) is 2.76. The van der Waals surface area contributed by atoms with Crippen LogP contribution in [0.2, 0.25) is 5.02 Å². The van der Waals surface area contributed by atoms with E-state index in [1.165, 1.54) is 6.33 Å². The zero-order valence-corrected chi connectivity index (χ0v) is 17.6. The molecule has 0 saturated carbocycles. The van der Waals surface area contributed by atoms with Gasteiger partial charge in [0.1, 0.15) is 29.2 Å². The fourth-order valence-electron chi connectivity index (χ4n) is 2.95. The number of rotatable bonds is 6. The van der Waals surface area contributed by atoms with Crippen molar-refractivity contribution >= 4 is 40.1 Å². The summed E-state index contributed by atoms with van der Waals surface area (Å²) in [6.45, 7) is 3.71. The molecule has 0 atom stereocenters. The second-order valence-corrected chi connectivity index (χ2v) is 6.89. The summed E-state index contributed by atoms with van der Waals surface area (Å²) in [7, 11) is 0. The largest absolute Gasteiger partial charge is 0.462 e. The molecule has 9 heteroatoms. The van der Waals surface area contributed by atoms with E-state index in [4.69, 9.17) is 21.1 Å². The van der Waals surface area contributed by atoms with Crippen LogP contribution in [0.4, 0.5) is 11.5 Å². The Balaban J connectivity index is 1.57. The lowest BCUT2D eigenvalue weighted by Gasteiger charge is -2.13. The Kier molecular flexibility index (Phi) is 5.90. The van der Waals surface area contributed by atoms with E-state index in [-0.39, 0.29) is 12.2 Å². The smallest absolute Gasteiger partial charge is 0.343 e. The van der Waals surface area contributed by atoms with E-state index >= 15 is 0 Å². The van der Waals surface area contributed by atoms with E-state index in [0.29, 0.717) is 33.7 Å². The van der Waals surface area contributed by atoms with E-state index in [0.717, 1.165) is 11.0 Å². The number of aromatic nitrogens is 4. The van der Waals surface area contributed by atoms with Crippen molar-refractivity contribution in [3.8, 4) is 11.5 Å². The number of esters is 1. The number of nitrogens with zero attached hydrogens (tertiary/aromatic N) is 4. The summed E-state index contributed by atoms with van der Waals surface area (Å²) in [5, 5.41) is 3.48. The second kappa shape index (κ2) is 8.93. The van der Waals surface area contributed by atoms with Crippen LogP contribution in [0.3, 0.4) is 0 Å². The summed E-state index contributed by atoms with van der Waals surface area (Å²) in [5.41, 5.74) is 2.92. The molecule has 0 spiro atoms. The molecule has 0 bridgehead atoms. The van der Waals surface area contributed by atoms with Crippen molar-refractivity contribution in [3.05, 3.63) is 71.4 Å². The van der Waals surface area contributed by atoms with Gasteiger partial charge in [-0.3, -0.25) is 9.97 Å². The van der Waals surface area contributed by atoms with E-state index in [1.807, 2.05) is 6.07 Å². The Bertz CT molecular complexity index is 1270. The highest BCUT2D eigenvalue weighted by Gasteiger charge is 2.18. The molecule has 31 heavy (non-hydrogen) atoms. The number of nitrogens with one attached hydrogen (secondary N) is 1. The normalized spacial score (nSPS) is 10.7. The summed E-state index contributed by atoms with van der Waals surface area (Å²) < 4.78 is 11.0. The SMILES string of the molecule is CCOC(=O)c1c(C)ncnc1Nc1ccc(Oc2ccc3nccnc3c2)c(Cl)c1. The van der Waals surface area contributed by atoms with E-state index in [1.54, 1.807) is 56.6 Å². The fraction of sp³-hybridized carbons (Fsp3) is 0.136. The monoisotopic (exact) mass is 435 g/mol. The minimum Gasteiger partial charge on any atom is -0.462 e. The minimum atomic E-state index is -0.492. The highest BCUT2D eigenvalue weighted by Crippen LogP contribution is 2.33. The molecule has 2 aromatic carbocycles. The van der Waals surface area contributed by atoms with E-state index in [2.05, 4.69) is 25.3 Å². The number of hydrogen-bond acceptors (Lipinski definition) is 8. The quantitative estimate of drug-likeness (QED) is 0.418. The van der Waals surface area contributed by atoms with Crippen molar-refractivity contribution in [2.24, 2.45) is 0 Å². The number of anilines is 2. The topological polar surface area (TPSA) is 99.1 Å². The van der Waals surface area contributed by atoms with Gasteiger partial charge >= 0.3 is 5.97 Å². The van der Waals surface area contributed by atoms with Gasteiger partial charge in [0.25, 0.3) is 0 Å². The number of carbonyl (C=O) groups excluding carboxylic acids is 1. The Labute approximate surface area is 183 Å². The Morgan fingerprint density at radius 1 is 1.03 bits per heavy atom. The second-order valence-electron chi connectivity index (χ2n) is 6.48. The van der Waals surface area contributed by atoms with Gasteiger partial charge in [-0.15, -0.1) is 0 Å². The van der Waals surface area contributed by atoms with Gasteiger partial charge in [0, 0.05) is 24.1 Å². The lowest BCUT2D eigenvalue weighted by atomic mass is 10.2. The number of halogens is 1. The van der Waals surface area contributed by atoms with Crippen molar-refractivity contribution in [3.63, 3.8) is 0 Å². The summed E-state index contributed by atoms with van der Waals surface area (Å²) in [6, 6.07) is 10.6. The highest BCUT2D eigenvalue weighted by molar-refractivity contribution is 6.32. The summed E-state index contributed by atoms with van der Waals surface area (Å²) >= 11 is 6.43. The molecule has 8 nitrogen and oxygen atoms in total. The Hall–Kier alpha value is -3.78. The molecule has 0 aliphatic carbocycles. The maximum Gasteiger partial charge on any atom is 0.343 e. The first-order valence-corrected chi connectivity index (χ1v) is 9.87. The van der Waals surface area contributed by atoms with Crippen LogP contribution in [-0.4, -0.2) is 32.5 Å². The van der Waals surface area contributed by atoms with Crippen LogP contribution in [0, 0.1) is 6.92 Å². The lowest BCUT2D eigenvalue weighted by molar-refractivity contribution is 0.0525. The molecule has 0 aliphatic heterocycles. The molecule has 0 aliphatic rings. The number of benzene rings is 2. The Morgan fingerprint density at radius 3 is 2.61 bits per heavy atom. The molecule has 4 rings (SSSR count). The third kappa shape index (κ3) is 4.54. The minimum absolute atomic E-state index is 0.255. The number of ether oxygens (including phenoxy) is 2. The molecular formula is C22H18ClN5O3. The third-order valence-electron chi connectivity index (χ3n) is 4.38. The van der Waals surface area contributed by atoms with Crippen molar-refractivity contribution < 1.29 is 14.3 Å². The Morgan fingerprint density at radius 2 is 1.84 bits per heavy atom. The van der Waals surface area contributed by atoms with Crippen LogP contribution in [0.15, 0.2) is 55.1 Å². The predicted molar refractivity (Wildman–Crippen MR) is 117 cm³/mol. The molecule has 0 fully saturated rings. The van der Waals surface area contributed by atoms with Gasteiger partial charge in [-0.2, -0.15) is 0 Å². The standard InChI is InChI=1S/C22H18ClN5O3/c1-3-30-22(29)20-13(2)26-12-27-21(20)28-14-4-7-19(16(23)10-14)31-15-5-6-17-18(11-15)25-9-8-24-17/h4-12H,3H2,1-2H3,(H,26,27,28). The van der Waals surface area contributed by atoms with E-state index < -0.39 is 5.97 Å². The fourth-order valence-corrected chi connectivity index (χ4v) is 3.17. The number of carbonyl (C=O) groups is 1. The molecule has 0 saturated heterocycles. The van der Waals surface area contributed by atoms with Gasteiger partial charge in [-0.1, -0.05) is 11.6 Å². The molecular weight excluding hydrogens is 418 g/mol. The molecule has 1 N–H and O–H groups in total. The van der Waals surface area contributed by atoms with Gasteiger partial charge in [0.15, 0.2) is 0 Å². The predicted octanol–water partition coefficient (Wildman–Crippen LogP) is 5.09. The number of aryl methyl sites for hydroxylation is 1. The van der Waals surface area contributed by atoms with E-state index in [9.17, 15) is 4.79 Å². The molecule has 2 aromatic heterocycles. The summed E-state index contributed by atoms with van der Waals surface area (Å²) in [4.78, 5) is 29.1. The molecule has 4 aromatic rings. The zero-order valence-electron chi connectivity index (χ0n) is 16.8. The maximum atomic E-state index is 12.3. The molecule has 2 heterocycles. The van der Waals surface area contributed by atoms with Crippen molar-refractivity contribution in [1.82, 2.24) is 19.9 Å². The maximum absolute atomic E-state index is 12.3. The molecule has 0 unspecified atom stereocenters. The molecule has 0 radical (unpaired) electrons. The van der Waals surface area contributed by atoms with Gasteiger partial charge in [0.2, 0.25) is 0 Å². The van der Waals surface area contributed by atoms with Crippen molar-refractivity contribution in [2.75, 3.05) is 11.9 Å². The third-order valence-corrected chi connectivity index (χ3v) is 4.67. The summed E-state index contributed by atoms with van der Waals surface area (Å²) in [5.74, 6) is 0.906. The van der Waals surface area contributed by atoms with Gasteiger partial charge in [0.05, 0.1) is 28.4 Å². The average molecular weight is 436 g/mol. The lowest BCUT2D eigenvalue weighted by Crippen LogP contribution is -2.12. The molecule has 156 valence electrons. The first-order chi connectivity index (χ1) is 15.0. The van der Waals surface area contributed by atoms with Crippen molar-refractivity contribution in [2.45, 2.75) is 13.8 Å². The van der Waals surface area contributed by atoms with Gasteiger partial charge in [-0.25, -0.2) is 14.8 Å². The first kappa shape index (κ1) is 20.5. The number of fused-ring (bicyclic) bond motifs is 1. The van der Waals surface area contributed by atoms with Crippen LogP contribution in [-0.2, 0) is 4.74 Å². The highest BCUT2D eigenvalue weighted by atomic mass is 35.5. The van der Waals surface area contributed by atoms with Crippen molar-refractivity contribution in [1.29, 1.82) is 0 Å². The van der Waals surface area contributed by atoms with Gasteiger partial charge in [-0.05, 0) is 44.2 Å². The summed E-state index contributed by atoms with van der Waals surface area (Å²) in [6.07, 6.45) is 4.64. The zero-order chi connectivity index (χ0) is 21.8. The van der Waals surface area contributed by atoms with Crippen LogP contribution in [0.25, 0.3) is 11.0 Å². The van der Waals surface area contributed by atoms with Crippen LogP contribution in [0.1, 0.15) is 23.0 Å².